The molecular weight excluding hydrogens is 362 g/mol. The number of rotatable bonds is 1. The Kier molecular flexibility index (Phi) is 3.58. The van der Waals surface area contributed by atoms with E-state index in [-0.39, 0.29) is 5.56 Å². The third kappa shape index (κ3) is 2.22. The Labute approximate surface area is 159 Å². The first kappa shape index (κ1) is 15.9. The van der Waals surface area contributed by atoms with Crippen molar-refractivity contribution in [3.63, 3.8) is 0 Å². The zero-order valence-electron chi connectivity index (χ0n) is 14.6. The summed E-state index contributed by atoms with van der Waals surface area (Å²) in [6.07, 6.45) is 2.97. The van der Waals surface area contributed by atoms with Gasteiger partial charge in [-0.2, -0.15) is 0 Å². The van der Waals surface area contributed by atoms with E-state index in [0.717, 1.165) is 27.2 Å². The van der Waals surface area contributed by atoms with E-state index in [4.69, 9.17) is 0 Å². The molecule has 0 saturated heterocycles. The zero-order valence-corrected chi connectivity index (χ0v) is 16.2. The molecule has 5 rings (SSSR count). The van der Waals surface area contributed by atoms with Crippen LogP contribution in [0, 0.1) is 0 Å². The van der Waals surface area contributed by atoms with E-state index >= 15 is 0 Å². The van der Waals surface area contributed by atoms with Crippen molar-refractivity contribution in [3.8, 4) is 0 Å². The molecule has 0 radical (unpaired) electrons. The molecule has 0 fully saturated rings. The van der Waals surface area contributed by atoms with E-state index < -0.39 is 0 Å². The molecule has 0 amide bonds. The summed E-state index contributed by atoms with van der Waals surface area (Å²) >= 11 is 3.33. The molecule has 0 bridgehead atoms. The van der Waals surface area contributed by atoms with Crippen LogP contribution in [0.3, 0.4) is 0 Å². The lowest BCUT2D eigenvalue weighted by Gasteiger charge is -2.11. The summed E-state index contributed by atoms with van der Waals surface area (Å²) in [6.45, 7) is 0.767. The Balaban J connectivity index is 1.77. The van der Waals surface area contributed by atoms with E-state index in [9.17, 15) is 4.79 Å². The summed E-state index contributed by atoms with van der Waals surface area (Å²) in [5.74, 6) is 0. The number of thiazole rings is 1. The van der Waals surface area contributed by atoms with E-state index in [0.29, 0.717) is 0 Å². The number of benzene rings is 1. The Hall–Kier alpha value is -2.31. The van der Waals surface area contributed by atoms with Gasteiger partial charge in [-0.05, 0) is 24.6 Å². The van der Waals surface area contributed by atoms with Gasteiger partial charge in [0.05, 0.1) is 11.3 Å². The minimum absolute atomic E-state index is 0.140. The molecule has 0 atom stereocenters. The van der Waals surface area contributed by atoms with Crippen LogP contribution in [0.1, 0.15) is 12.1 Å². The first-order valence-electron chi connectivity index (χ1n) is 8.58. The highest BCUT2D eigenvalue weighted by Crippen LogP contribution is 2.44. The zero-order chi connectivity index (χ0) is 17.8. The Morgan fingerprint density at radius 3 is 2.73 bits per heavy atom. The monoisotopic (exact) mass is 380 g/mol. The number of pyridine rings is 1. The number of fused-ring (bicyclic) bond motifs is 2. The molecule has 2 aliphatic heterocycles. The third-order valence-electron chi connectivity index (χ3n) is 5.02. The van der Waals surface area contributed by atoms with Gasteiger partial charge in [-0.25, -0.2) is 4.57 Å². The third-order valence-corrected chi connectivity index (χ3v) is 7.62. The van der Waals surface area contributed by atoms with Crippen LogP contribution < -0.4 is 24.2 Å². The van der Waals surface area contributed by atoms with Crippen molar-refractivity contribution >= 4 is 39.4 Å². The van der Waals surface area contributed by atoms with E-state index in [1.54, 1.807) is 23.1 Å². The van der Waals surface area contributed by atoms with Crippen molar-refractivity contribution < 1.29 is 4.57 Å². The second kappa shape index (κ2) is 5.86. The van der Waals surface area contributed by atoms with Gasteiger partial charge in [0.2, 0.25) is 5.69 Å². The highest BCUT2D eigenvalue weighted by atomic mass is 32.2. The molecule has 130 valence electrons. The Bertz CT molecular complexity index is 1220. The first-order valence-corrected chi connectivity index (χ1v) is 10.2. The number of thioether (sulfide) groups is 1. The number of hydrogen-bond donors (Lipinski definition) is 0. The van der Waals surface area contributed by atoms with Gasteiger partial charge in [0.15, 0.2) is 6.20 Å². The van der Waals surface area contributed by atoms with Crippen molar-refractivity contribution in [1.29, 1.82) is 0 Å². The van der Waals surface area contributed by atoms with Crippen molar-refractivity contribution in [1.82, 2.24) is 4.57 Å². The predicted octanol–water partition coefficient (Wildman–Crippen LogP) is 1.64. The van der Waals surface area contributed by atoms with Crippen LogP contribution in [-0.4, -0.2) is 11.6 Å². The van der Waals surface area contributed by atoms with Gasteiger partial charge in [-0.1, -0.05) is 23.9 Å². The molecule has 4 heterocycles. The maximum Gasteiger partial charge on any atom is 0.271 e. The summed E-state index contributed by atoms with van der Waals surface area (Å²) in [5.41, 5.74) is 3.77. The maximum absolute atomic E-state index is 13.1. The average molecular weight is 381 g/mol. The van der Waals surface area contributed by atoms with Gasteiger partial charge >= 0.3 is 0 Å². The summed E-state index contributed by atoms with van der Waals surface area (Å²) in [6, 6.07) is 14.5. The first-order chi connectivity index (χ1) is 12.6. The van der Waals surface area contributed by atoms with Crippen molar-refractivity contribution in [3.05, 3.63) is 73.9 Å². The standard InChI is InChI=1S/C20H18N3OS2/c1-21-11-6-5-7-14(21)13-10-12-23-18(24)17(26-19(13)23)20-22(2)15-8-3-4-9-16(15)25-20/h3-9,11H,10,12H2,1-2H3/q+1/b20-17+. The normalized spacial score (nSPS) is 17.6. The fraction of sp³-hybridized carbons (Fsp3) is 0.200. The topological polar surface area (TPSA) is 29.1 Å². The molecule has 0 unspecified atom stereocenters. The lowest BCUT2D eigenvalue weighted by atomic mass is 10.1. The number of anilines is 1. The number of para-hydroxylation sites is 1. The largest absolute Gasteiger partial charge is 0.337 e. The molecule has 4 nitrogen and oxygen atoms in total. The molecule has 3 aromatic rings. The second-order valence-corrected chi connectivity index (χ2v) is 8.58. The molecule has 1 aromatic carbocycles. The van der Waals surface area contributed by atoms with Crippen molar-refractivity contribution in [2.24, 2.45) is 7.05 Å². The summed E-state index contributed by atoms with van der Waals surface area (Å²) in [4.78, 5) is 16.5. The number of aryl methyl sites for hydroxylation is 1. The van der Waals surface area contributed by atoms with Crippen LogP contribution in [0.2, 0.25) is 0 Å². The molecular formula is C20H18N3OS2+. The maximum atomic E-state index is 13.1. The van der Waals surface area contributed by atoms with E-state index in [2.05, 4.69) is 47.0 Å². The molecule has 0 spiro atoms. The van der Waals surface area contributed by atoms with Crippen LogP contribution in [-0.2, 0) is 13.6 Å². The quantitative estimate of drug-likeness (QED) is 0.601. The van der Waals surface area contributed by atoms with E-state index in [1.807, 2.05) is 29.8 Å². The molecule has 6 heteroatoms. The lowest BCUT2D eigenvalue weighted by molar-refractivity contribution is -0.673. The number of hydrogen-bond acceptors (Lipinski definition) is 4. The van der Waals surface area contributed by atoms with Crippen LogP contribution >= 0.6 is 23.1 Å². The van der Waals surface area contributed by atoms with Crippen LogP contribution in [0.4, 0.5) is 5.69 Å². The minimum atomic E-state index is 0.140. The van der Waals surface area contributed by atoms with Gasteiger partial charge in [-0.3, -0.25) is 9.36 Å². The highest BCUT2D eigenvalue weighted by Gasteiger charge is 2.27. The molecule has 26 heavy (non-hydrogen) atoms. The van der Waals surface area contributed by atoms with Gasteiger partial charge in [-0.15, -0.1) is 11.3 Å². The van der Waals surface area contributed by atoms with Crippen molar-refractivity contribution in [2.75, 3.05) is 11.9 Å². The van der Waals surface area contributed by atoms with E-state index in [1.165, 1.54) is 21.8 Å². The molecule has 0 saturated carbocycles. The van der Waals surface area contributed by atoms with Crippen LogP contribution in [0.25, 0.3) is 10.6 Å². The lowest BCUT2D eigenvalue weighted by Crippen LogP contribution is -2.33. The fourth-order valence-corrected chi connectivity index (χ4v) is 6.24. The predicted molar refractivity (Wildman–Crippen MR) is 107 cm³/mol. The minimum Gasteiger partial charge on any atom is -0.337 e. The van der Waals surface area contributed by atoms with Gasteiger partial charge in [0, 0.05) is 30.6 Å². The molecule has 2 aromatic heterocycles. The van der Waals surface area contributed by atoms with Gasteiger partial charge < -0.3 is 4.90 Å². The molecule has 2 aliphatic rings. The summed E-state index contributed by atoms with van der Waals surface area (Å²) < 4.78 is 6.03. The number of aromatic nitrogens is 2. The smallest absolute Gasteiger partial charge is 0.271 e. The van der Waals surface area contributed by atoms with Crippen molar-refractivity contribution in [2.45, 2.75) is 17.9 Å². The van der Waals surface area contributed by atoms with Crippen LogP contribution in [0.5, 0.6) is 0 Å². The van der Waals surface area contributed by atoms with Gasteiger partial charge in [0.1, 0.15) is 21.3 Å². The second-order valence-electron chi connectivity index (χ2n) is 6.55. The molecule has 0 N–H and O–H groups in total. The highest BCUT2D eigenvalue weighted by molar-refractivity contribution is 8.08. The summed E-state index contributed by atoms with van der Waals surface area (Å²) in [5, 5.41) is 1.04. The number of nitrogens with zero attached hydrogens (tertiary/aromatic N) is 3. The van der Waals surface area contributed by atoms with Gasteiger partial charge in [0.25, 0.3) is 5.56 Å². The molecule has 0 aliphatic carbocycles. The fourth-order valence-electron chi connectivity index (χ4n) is 3.68. The summed E-state index contributed by atoms with van der Waals surface area (Å²) in [7, 11) is 4.11. The average Bonchev–Trinajstić information content (AvgIpc) is 3.30. The Morgan fingerprint density at radius 2 is 1.92 bits per heavy atom. The van der Waals surface area contributed by atoms with Crippen LogP contribution in [0.15, 0.2) is 58.4 Å². The SMILES string of the molecule is CN1/C(=c2\sc3n(c2=O)CCC=3c2cccc[n+]2C)Sc2ccccc21. The Morgan fingerprint density at radius 1 is 1.12 bits per heavy atom.